The van der Waals surface area contributed by atoms with E-state index in [-0.39, 0.29) is 12.6 Å². The fraction of sp³-hybridized carbons (Fsp3) is 1.00. The van der Waals surface area contributed by atoms with Gasteiger partial charge in [0.2, 0.25) is 0 Å². The van der Waals surface area contributed by atoms with Crippen LogP contribution in [0.3, 0.4) is 0 Å². The average molecular weight is 262 g/mol. The molecule has 0 rings (SSSR count). The Labute approximate surface area is 99.5 Å². The molecule has 0 aliphatic heterocycles. The van der Waals surface area contributed by atoms with Gasteiger partial charge in [-0.3, -0.25) is 0 Å². The van der Waals surface area contributed by atoms with Gasteiger partial charge in [0.1, 0.15) is 6.61 Å². The number of halogens is 4. The highest BCUT2D eigenvalue weighted by atomic mass is 35.5. The zero-order chi connectivity index (χ0) is 12.6. The molecular weight excluding hydrogens is 243 g/mol. The van der Waals surface area contributed by atoms with Crippen molar-refractivity contribution >= 4 is 11.6 Å². The molecule has 0 saturated carbocycles. The minimum atomic E-state index is -4.25. The first-order valence-electron chi connectivity index (χ1n) is 5.29. The van der Waals surface area contributed by atoms with E-state index < -0.39 is 12.8 Å². The van der Waals surface area contributed by atoms with Gasteiger partial charge in [0, 0.05) is 18.5 Å². The van der Waals surface area contributed by atoms with E-state index in [1.807, 2.05) is 0 Å². The van der Waals surface area contributed by atoms with Crippen LogP contribution in [-0.2, 0) is 4.74 Å². The van der Waals surface area contributed by atoms with Crippen molar-refractivity contribution < 1.29 is 17.9 Å². The Morgan fingerprint density at radius 1 is 1.31 bits per heavy atom. The number of hydrogen-bond donors (Lipinski definition) is 1. The van der Waals surface area contributed by atoms with E-state index in [2.05, 4.69) is 23.9 Å². The van der Waals surface area contributed by atoms with E-state index in [4.69, 9.17) is 11.6 Å². The van der Waals surface area contributed by atoms with Crippen molar-refractivity contribution in [1.29, 1.82) is 0 Å². The Kier molecular flexibility index (Phi) is 8.14. The van der Waals surface area contributed by atoms with Crippen molar-refractivity contribution in [2.24, 2.45) is 5.92 Å². The summed E-state index contributed by atoms with van der Waals surface area (Å²) in [7, 11) is 0. The summed E-state index contributed by atoms with van der Waals surface area (Å²) in [6.45, 7) is 3.39. The average Bonchev–Trinajstić information content (AvgIpc) is 2.13. The lowest BCUT2D eigenvalue weighted by Gasteiger charge is -2.18. The van der Waals surface area contributed by atoms with E-state index in [0.717, 1.165) is 6.42 Å². The Hall–Kier alpha value is -0.0000000000000000555. The van der Waals surface area contributed by atoms with Crippen LogP contribution in [0.25, 0.3) is 0 Å². The summed E-state index contributed by atoms with van der Waals surface area (Å²) in [5.74, 6) is 0.963. The highest BCUT2D eigenvalue weighted by Crippen LogP contribution is 2.14. The normalized spacial score (nSPS) is 14.4. The smallest absolute Gasteiger partial charge is 0.371 e. The van der Waals surface area contributed by atoms with Crippen molar-refractivity contribution in [3.63, 3.8) is 0 Å². The lowest BCUT2D eigenvalue weighted by atomic mass is 10.1. The molecule has 16 heavy (non-hydrogen) atoms. The molecule has 0 fully saturated rings. The third kappa shape index (κ3) is 10.5. The second-order valence-electron chi connectivity index (χ2n) is 4.10. The highest BCUT2D eigenvalue weighted by Gasteiger charge is 2.27. The van der Waals surface area contributed by atoms with Crippen LogP contribution >= 0.6 is 11.6 Å². The van der Waals surface area contributed by atoms with E-state index in [9.17, 15) is 13.2 Å². The zero-order valence-corrected chi connectivity index (χ0v) is 10.4. The Morgan fingerprint density at radius 3 is 2.38 bits per heavy atom. The van der Waals surface area contributed by atoms with Gasteiger partial charge >= 0.3 is 6.18 Å². The largest absolute Gasteiger partial charge is 0.411 e. The van der Waals surface area contributed by atoms with E-state index in [0.29, 0.717) is 18.3 Å². The molecule has 1 N–H and O–H groups in total. The molecule has 1 unspecified atom stereocenters. The number of hydrogen-bond acceptors (Lipinski definition) is 2. The maximum Gasteiger partial charge on any atom is 0.411 e. The number of ether oxygens (including phenoxy) is 1. The van der Waals surface area contributed by atoms with Crippen molar-refractivity contribution in [3.05, 3.63) is 0 Å². The molecule has 6 heteroatoms. The molecule has 0 aliphatic carbocycles. The summed E-state index contributed by atoms with van der Waals surface area (Å²) < 4.78 is 39.6. The lowest BCUT2D eigenvalue weighted by Crippen LogP contribution is -2.35. The molecule has 0 aromatic rings. The summed E-state index contributed by atoms with van der Waals surface area (Å²) in [5.41, 5.74) is 0. The predicted octanol–water partition coefficient (Wildman–Crippen LogP) is 2.81. The molecule has 0 amide bonds. The monoisotopic (exact) mass is 261 g/mol. The van der Waals surface area contributed by atoms with Crippen LogP contribution in [0.1, 0.15) is 20.3 Å². The molecule has 0 spiro atoms. The number of rotatable bonds is 8. The molecule has 1 atom stereocenters. The quantitative estimate of drug-likeness (QED) is 0.536. The Morgan fingerprint density at radius 2 is 1.94 bits per heavy atom. The second-order valence-corrected chi connectivity index (χ2v) is 4.41. The van der Waals surface area contributed by atoms with Crippen LogP contribution in [0.2, 0.25) is 0 Å². The van der Waals surface area contributed by atoms with Crippen LogP contribution in [0.15, 0.2) is 0 Å². The SMILES string of the molecule is CC(C)CC(CCl)NCCOCC(F)(F)F. The minimum Gasteiger partial charge on any atom is -0.371 e. The standard InChI is InChI=1S/C10H19ClF3NO/c1-8(2)5-9(6-11)15-3-4-16-7-10(12,13)14/h8-9,15H,3-7H2,1-2H3. The summed E-state index contributed by atoms with van der Waals surface area (Å²) in [4.78, 5) is 0. The number of alkyl halides is 4. The summed E-state index contributed by atoms with van der Waals surface area (Å²) in [6.07, 6.45) is -3.34. The molecule has 0 aromatic carbocycles. The molecular formula is C10H19ClF3NO. The van der Waals surface area contributed by atoms with Crippen molar-refractivity contribution in [2.45, 2.75) is 32.5 Å². The maximum atomic E-state index is 11.7. The molecule has 0 bridgehead atoms. The van der Waals surface area contributed by atoms with Crippen LogP contribution in [-0.4, -0.2) is 37.9 Å². The molecule has 0 aliphatic rings. The van der Waals surface area contributed by atoms with Crippen LogP contribution < -0.4 is 5.32 Å². The van der Waals surface area contributed by atoms with Crippen LogP contribution in [0.4, 0.5) is 13.2 Å². The third-order valence-corrected chi connectivity index (χ3v) is 2.26. The molecule has 2 nitrogen and oxygen atoms in total. The van der Waals surface area contributed by atoms with Crippen molar-refractivity contribution in [3.8, 4) is 0 Å². The highest BCUT2D eigenvalue weighted by molar-refractivity contribution is 6.18. The second kappa shape index (κ2) is 8.14. The molecule has 0 saturated heterocycles. The van der Waals surface area contributed by atoms with Gasteiger partial charge in [-0.1, -0.05) is 13.8 Å². The first kappa shape index (κ1) is 16.0. The predicted molar refractivity (Wildman–Crippen MR) is 58.8 cm³/mol. The first-order chi connectivity index (χ1) is 7.35. The van der Waals surface area contributed by atoms with Gasteiger partial charge in [-0.05, 0) is 12.3 Å². The van der Waals surface area contributed by atoms with Crippen molar-refractivity contribution in [2.75, 3.05) is 25.6 Å². The number of nitrogens with one attached hydrogen (secondary N) is 1. The van der Waals surface area contributed by atoms with Crippen molar-refractivity contribution in [1.82, 2.24) is 5.32 Å². The first-order valence-corrected chi connectivity index (χ1v) is 5.82. The fourth-order valence-electron chi connectivity index (χ4n) is 1.29. The van der Waals surface area contributed by atoms with Gasteiger partial charge < -0.3 is 10.1 Å². The third-order valence-electron chi connectivity index (χ3n) is 1.89. The van der Waals surface area contributed by atoms with Crippen LogP contribution in [0, 0.1) is 5.92 Å². The van der Waals surface area contributed by atoms with Crippen LogP contribution in [0.5, 0.6) is 0 Å². The summed E-state index contributed by atoms with van der Waals surface area (Å²) in [6, 6.07) is 0.135. The van der Waals surface area contributed by atoms with Gasteiger partial charge in [-0.15, -0.1) is 11.6 Å². The van der Waals surface area contributed by atoms with E-state index in [1.165, 1.54) is 0 Å². The minimum absolute atomic E-state index is 0.0466. The van der Waals surface area contributed by atoms with Gasteiger partial charge in [0.25, 0.3) is 0 Å². The molecule has 0 aromatic heterocycles. The Balaban J connectivity index is 3.48. The fourth-order valence-corrected chi connectivity index (χ4v) is 1.53. The topological polar surface area (TPSA) is 21.3 Å². The van der Waals surface area contributed by atoms with Gasteiger partial charge in [0.05, 0.1) is 6.61 Å². The molecule has 98 valence electrons. The van der Waals surface area contributed by atoms with E-state index >= 15 is 0 Å². The lowest BCUT2D eigenvalue weighted by molar-refractivity contribution is -0.173. The van der Waals surface area contributed by atoms with Gasteiger partial charge in [0.15, 0.2) is 0 Å². The van der Waals surface area contributed by atoms with Gasteiger partial charge in [-0.25, -0.2) is 0 Å². The zero-order valence-electron chi connectivity index (χ0n) is 9.61. The summed E-state index contributed by atoms with van der Waals surface area (Å²) in [5, 5.41) is 3.06. The van der Waals surface area contributed by atoms with Gasteiger partial charge in [-0.2, -0.15) is 13.2 Å². The summed E-state index contributed by atoms with van der Waals surface area (Å²) >= 11 is 5.71. The molecule has 0 radical (unpaired) electrons. The Bertz CT molecular complexity index is 176. The van der Waals surface area contributed by atoms with E-state index in [1.54, 1.807) is 0 Å². The maximum absolute atomic E-state index is 11.7. The molecule has 0 heterocycles.